The topological polar surface area (TPSA) is 75.9 Å². The Hall–Kier alpha value is -3.09. The molecule has 0 atom stereocenters. The number of hydrogen-bond acceptors (Lipinski definition) is 5. The third kappa shape index (κ3) is 4.55. The van der Waals surface area contributed by atoms with E-state index in [4.69, 9.17) is 4.74 Å². The standard InChI is InChI=1S/C20H23N3O4/c1-2-27-19-6-4-3-5-18(19)21-11-13-22(14-12-21)20(24)15-16-7-9-17(10-8-16)23(25)26/h3-10H,2,11-15H2,1H3. The molecule has 0 spiro atoms. The number of carbonyl (C=O) groups is 1. The quantitative estimate of drug-likeness (QED) is 0.578. The first-order valence-corrected chi connectivity index (χ1v) is 9.06. The molecule has 27 heavy (non-hydrogen) atoms. The molecule has 1 fully saturated rings. The zero-order chi connectivity index (χ0) is 19.2. The van der Waals surface area contributed by atoms with Gasteiger partial charge in [-0.15, -0.1) is 0 Å². The normalized spacial score (nSPS) is 14.1. The minimum Gasteiger partial charge on any atom is -0.492 e. The number of nitrogens with zero attached hydrogens (tertiary/aromatic N) is 3. The van der Waals surface area contributed by atoms with Crippen molar-refractivity contribution >= 4 is 17.3 Å². The van der Waals surface area contributed by atoms with Crippen LogP contribution in [0, 0.1) is 10.1 Å². The average molecular weight is 369 g/mol. The maximum Gasteiger partial charge on any atom is 0.269 e. The first kappa shape index (κ1) is 18.7. The Morgan fingerprint density at radius 2 is 1.74 bits per heavy atom. The summed E-state index contributed by atoms with van der Waals surface area (Å²) in [4.78, 5) is 26.9. The molecule has 7 heteroatoms. The van der Waals surface area contributed by atoms with Crippen LogP contribution in [0.25, 0.3) is 0 Å². The van der Waals surface area contributed by atoms with Crippen LogP contribution in [0.3, 0.4) is 0 Å². The predicted octanol–water partition coefficient (Wildman–Crippen LogP) is 2.88. The average Bonchev–Trinajstić information content (AvgIpc) is 2.69. The molecule has 1 aliphatic heterocycles. The third-order valence-corrected chi connectivity index (χ3v) is 4.64. The molecule has 1 amide bonds. The highest BCUT2D eigenvalue weighted by atomic mass is 16.6. The summed E-state index contributed by atoms with van der Waals surface area (Å²) >= 11 is 0. The van der Waals surface area contributed by atoms with E-state index in [9.17, 15) is 14.9 Å². The Morgan fingerprint density at radius 3 is 2.37 bits per heavy atom. The molecule has 142 valence electrons. The highest BCUT2D eigenvalue weighted by Crippen LogP contribution is 2.28. The second kappa shape index (κ2) is 8.53. The van der Waals surface area contributed by atoms with Crippen molar-refractivity contribution in [1.82, 2.24) is 4.90 Å². The van der Waals surface area contributed by atoms with Crippen molar-refractivity contribution in [3.63, 3.8) is 0 Å². The summed E-state index contributed by atoms with van der Waals surface area (Å²) in [5, 5.41) is 10.7. The molecule has 0 bridgehead atoms. The number of carbonyl (C=O) groups excluding carboxylic acids is 1. The molecular weight excluding hydrogens is 346 g/mol. The van der Waals surface area contributed by atoms with Gasteiger partial charge in [0.25, 0.3) is 5.69 Å². The molecule has 2 aromatic carbocycles. The van der Waals surface area contributed by atoms with E-state index in [0.29, 0.717) is 19.7 Å². The molecule has 7 nitrogen and oxygen atoms in total. The van der Waals surface area contributed by atoms with Crippen LogP contribution in [0.1, 0.15) is 12.5 Å². The van der Waals surface area contributed by atoms with Gasteiger partial charge in [0.05, 0.1) is 23.6 Å². The molecule has 3 rings (SSSR count). The van der Waals surface area contributed by atoms with Gasteiger partial charge in [0.15, 0.2) is 0 Å². The third-order valence-electron chi connectivity index (χ3n) is 4.64. The van der Waals surface area contributed by atoms with Crippen molar-refractivity contribution in [2.24, 2.45) is 0 Å². The lowest BCUT2D eigenvalue weighted by Gasteiger charge is -2.36. The molecule has 0 aromatic heterocycles. The van der Waals surface area contributed by atoms with Gasteiger partial charge in [0, 0.05) is 38.3 Å². The summed E-state index contributed by atoms with van der Waals surface area (Å²) in [6, 6.07) is 14.1. The van der Waals surface area contributed by atoms with Crippen molar-refractivity contribution < 1.29 is 14.5 Å². The van der Waals surface area contributed by atoms with E-state index in [0.717, 1.165) is 30.1 Å². The van der Waals surface area contributed by atoms with Crippen molar-refractivity contribution in [2.45, 2.75) is 13.3 Å². The zero-order valence-electron chi connectivity index (χ0n) is 15.3. The minimum absolute atomic E-state index is 0.0350. The number of non-ortho nitro benzene ring substituents is 1. The van der Waals surface area contributed by atoms with Crippen LogP contribution in [0.5, 0.6) is 5.75 Å². The Bertz CT molecular complexity index is 799. The molecule has 0 saturated carbocycles. The maximum atomic E-state index is 12.5. The predicted molar refractivity (Wildman–Crippen MR) is 103 cm³/mol. The van der Waals surface area contributed by atoms with Gasteiger partial charge < -0.3 is 14.5 Å². The number of piperazine rings is 1. The first-order chi connectivity index (χ1) is 13.1. The van der Waals surface area contributed by atoms with E-state index in [1.54, 1.807) is 12.1 Å². The molecule has 0 unspecified atom stereocenters. The molecule has 1 heterocycles. The molecule has 1 aliphatic rings. The summed E-state index contributed by atoms with van der Waals surface area (Å²) < 4.78 is 5.70. The van der Waals surface area contributed by atoms with E-state index in [1.165, 1.54) is 12.1 Å². The number of nitro benzene ring substituents is 1. The van der Waals surface area contributed by atoms with Crippen LogP contribution in [0.2, 0.25) is 0 Å². The van der Waals surface area contributed by atoms with Crippen LogP contribution >= 0.6 is 0 Å². The highest BCUT2D eigenvalue weighted by Gasteiger charge is 2.23. The van der Waals surface area contributed by atoms with Crippen molar-refractivity contribution in [3.05, 3.63) is 64.2 Å². The van der Waals surface area contributed by atoms with Crippen LogP contribution in [-0.4, -0.2) is 48.5 Å². The fraction of sp³-hybridized carbons (Fsp3) is 0.350. The first-order valence-electron chi connectivity index (χ1n) is 9.06. The van der Waals surface area contributed by atoms with E-state index in [2.05, 4.69) is 4.90 Å². The molecule has 0 aliphatic carbocycles. The summed E-state index contributed by atoms with van der Waals surface area (Å²) in [7, 11) is 0. The number of anilines is 1. The summed E-state index contributed by atoms with van der Waals surface area (Å²) in [6.07, 6.45) is 0.257. The van der Waals surface area contributed by atoms with Gasteiger partial charge in [0.1, 0.15) is 5.75 Å². The van der Waals surface area contributed by atoms with Crippen LogP contribution in [-0.2, 0) is 11.2 Å². The van der Waals surface area contributed by atoms with E-state index < -0.39 is 4.92 Å². The fourth-order valence-corrected chi connectivity index (χ4v) is 3.21. The Labute approximate surface area is 158 Å². The lowest BCUT2D eigenvalue weighted by atomic mass is 10.1. The SMILES string of the molecule is CCOc1ccccc1N1CCN(C(=O)Cc2ccc([N+](=O)[O-])cc2)CC1. The van der Waals surface area contributed by atoms with Crippen molar-refractivity contribution in [3.8, 4) is 5.75 Å². The molecule has 1 saturated heterocycles. The number of rotatable bonds is 6. The lowest BCUT2D eigenvalue weighted by molar-refractivity contribution is -0.384. The number of hydrogen-bond donors (Lipinski definition) is 0. The molecule has 2 aromatic rings. The molecular formula is C20H23N3O4. The highest BCUT2D eigenvalue weighted by molar-refractivity contribution is 5.79. The molecule has 0 N–H and O–H groups in total. The van der Waals surface area contributed by atoms with Gasteiger partial charge in [-0.2, -0.15) is 0 Å². The summed E-state index contributed by atoms with van der Waals surface area (Å²) in [5.41, 5.74) is 1.88. The number of benzene rings is 2. The smallest absolute Gasteiger partial charge is 0.269 e. The van der Waals surface area contributed by atoms with Crippen molar-refractivity contribution in [2.75, 3.05) is 37.7 Å². The number of nitro groups is 1. The van der Waals surface area contributed by atoms with E-state index >= 15 is 0 Å². The fourth-order valence-electron chi connectivity index (χ4n) is 3.21. The van der Waals surface area contributed by atoms with Gasteiger partial charge in [-0.1, -0.05) is 24.3 Å². The zero-order valence-corrected chi connectivity index (χ0v) is 15.3. The Morgan fingerprint density at radius 1 is 1.07 bits per heavy atom. The molecule has 0 radical (unpaired) electrons. The van der Waals surface area contributed by atoms with Gasteiger partial charge in [0.2, 0.25) is 5.91 Å². The van der Waals surface area contributed by atoms with Gasteiger partial charge in [-0.05, 0) is 24.6 Å². The summed E-state index contributed by atoms with van der Waals surface area (Å²) in [6.45, 7) is 5.36. The van der Waals surface area contributed by atoms with Gasteiger partial charge >= 0.3 is 0 Å². The van der Waals surface area contributed by atoms with Gasteiger partial charge in [-0.3, -0.25) is 14.9 Å². The van der Waals surface area contributed by atoms with Gasteiger partial charge in [-0.25, -0.2) is 0 Å². The van der Waals surface area contributed by atoms with Crippen LogP contribution in [0.15, 0.2) is 48.5 Å². The van der Waals surface area contributed by atoms with E-state index in [-0.39, 0.29) is 18.0 Å². The number of amides is 1. The summed E-state index contributed by atoms with van der Waals surface area (Å²) in [5.74, 6) is 0.909. The number of ether oxygens (including phenoxy) is 1. The Kier molecular flexibility index (Phi) is 5.90. The second-order valence-corrected chi connectivity index (χ2v) is 6.37. The second-order valence-electron chi connectivity index (χ2n) is 6.37. The van der Waals surface area contributed by atoms with Crippen molar-refractivity contribution in [1.29, 1.82) is 0 Å². The lowest BCUT2D eigenvalue weighted by Crippen LogP contribution is -2.49. The Balaban J connectivity index is 1.57. The number of para-hydroxylation sites is 2. The largest absolute Gasteiger partial charge is 0.492 e. The maximum absolute atomic E-state index is 12.5. The van der Waals surface area contributed by atoms with Crippen LogP contribution < -0.4 is 9.64 Å². The minimum atomic E-state index is -0.440. The van der Waals surface area contributed by atoms with E-state index in [1.807, 2.05) is 36.1 Å². The monoisotopic (exact) mass is 369 g/mol. The van der Waals surface area contributed by atoms with Crippen LogP contribution in [0.4, 0.5) is 11.4 Å².